The first-order valence-electron chi connectivity index (χ1n) is 7.08. The fraction of sp³-hybridized carbons (Fsp3) is 0.158. The van der Waals surface area contributed by atoms with Crippen LogP contribution in [-0.4, -0.2) is 14.1 Å². The summed E-state index contributed by atoms with van der Waals surface area (Å²) < 4.78 is 5.62. The number of hydrogen-bond donors (Lipinski definition) is 0. The summed E-state index contributed by atoms with van der Waals surface area (Å²) in [6.45, 7) is 8.84. The van der Waals surface area contributed by atoms with E-state index in [1.165, 1.54) is 0 Å². The second-order valence-electron chi connectivity index (χ2n) is 5.25. The van der Waals surface area contributed by atoms with Crippen LogP contribution in [0.4, 0.5) is 5.69 Å². The monoisotopic (exact) mass is 303 g/mol. The van der Waals surface area contributed by atoms with E-state index in [4.69, 9.17) is 16.6 Å². The summed E-state index contributed by atoms with van der Waals surface area (Å²) in [5, 5.41) is 8.99. The molecule has 1 aliphatic rings. The van der Waals surface area contributed by atoms with Gasteiger partial charge in [0, 0.05) is 19.8 Å². The Kier molecular flexibility index (Phi) is 5.02. The Hall–Kier alpha value is -3.24. The maximum Gasteiger partial charge on any atom is 0.269 e. The van der Waals surface area contributed by atoms with Crippen LogP contribution in [0.1, 0.15) is 12.5 Å². The van der Waals surface area contributed by atoms with Crippen LogP contribution in [0.3, 0.4) is 0 Å². The number of anilines is 1. The topological polar surface area (TPSA) is 40.6 Å². The number of hydrogen-bond acceptors (Lipinski definition) is 3. The van der Waals surface area contributed by atoms with Crippen LogP contribution >= 0.6 is 0 Å². The predicted molar refractivity (Wildman–Crippen MR) is 92.0 cm³/mol. The van der Waals surface area contributed by atoms with Crippen molar-refractivity contribution in [3.05, 3.63) is 82.3 Å². The fourth-order valence-corrected chi connectivity index (χ4v) is 2.09. The highest BCUT2D eigenvalue weighted by molar-refractivity contribution is 5.58. The summed E-state index contributed by atoms with van der Waals surface area (Å²) in [7, 11) is 4.00. The maximum absolute atomic E-state index is 8.99. The van der Waals surface area contributed by atoms with Crippen LogP contribution in [0.25, 0.3) is 10.9 Å². The molecular formula is C19H17N3O. The van der Waals surface area contributed by atoms with E-state index in [2.05, 4.69) is 4.85 Å². The lowest BCUT2D eigenvalue weighted by molar-refractivity contribution is 0.318. The molecule has 1 aromatic carbocycles. The molecule has 1 heterocycles. The number of rotatable bonds is 3. The lowest BCUT2D eigenvalue weighted by Gasteiger charge is -2.13. The number of nitrogens with zero attached hydrogens (tertiary/aromatic N) is 3. The van der Waals surface area contributed by atoms with Crippen molar-refractivity contribution >= 4 is 11.8 Å². The highest BCUT2D eigenvalue weighted by Crippen LogP contribution is 2.23. The minimum absolute atomic E-state index is 0.0638. The zero-order chi connectivity index (χ0) is 16.8. The van der Waals surface area contributed by atoms with E-state index in [-0.39, 0.29) is 5.70 Å². The standard InChI is InChI=1S/C19H17N3O/c1-14-11-16(19(13-20)21-2)12-18(23-14)10-7-15-5-8-17(9-6-15)22(3)4/h5-12H,1,3-4H3. The Bertz CT molecular complexity index is 779. The van der Waals surface area contributed by atoms with Gasteiger partial charge in [-0.15, -0.1) is 0 Å². The third-order valence-electron chi connectivity index (χ3n) is 3.28. The lowest BCUT2D eigenvalue weighted by atomic mass is 10.1. The molecule has 0 radical (unpaired) electrons. The predicted octanol–water partition coefficient (Wildman–Crippen LogP) is 4.28. The van der Waals surface area contributed by atoms with Crippen molar-refractivity contribution in [3.63, 3.8) is 0 Å². The Balaban J connectivity index is 2.24. The van der Waals surface area contributed by atoms with Gasteiger partial charge in [-0.3, -0.25) is 0 Å². The molecule has 1 aromatic rings. The van der Waals surface area contributed by atoms with E-state index in [1.807, 2.05) is 61.5 Å². The van der Waals surface area contributed by atoms with Crippen molar-refractivity contribution in [2.24, 2.45) is 0 Å². The molecule has 23 heavy (non-hydrogen) atoms. The molecule has 4 nitrogen and oxygen atoms in total. The van der Waals surface area contributed by atoms with Gasteiger partial charge in [0.25, 0.3) is 5.70 Å². The Labute approximate surface area is 136 Å². The summed E-state index contributed by atoms with van der Waals surface area (Å²) in [5.74, 6) is 1.26. The molecule has 0 unspecified atom stereocenters. The average Bonchev–Trinajstić information content (AvgIpc) is 2.54. The number of benzene rings is 1. The molecule has 0 saturated carbocycles. The van der Waals surface area contributed by atoms with Crippen molar-refractivity contribution in [2.75, 3.05) is 19.0 Å². The molecule has 0 aliphatic carbocycles. The smallest absolute Gasteiger partial charge is 0.269 e. The van der Waals surface area contributed by atoms with Gasteiger partial charge in [0.1, 0.15) is 11.5 Å². The van der Waals surface area contributed by atoms with E-state index in [0.717, 1.165) is 11.3 Å². The van der Waals surface area contributed by atoms with E-state index in [1.54, 1.807) is 19.1 Å². The summed E-state index contributed by atoms with van der Waals surface area (Å²) in [6.07, 6.45) is 7.17. The van der Waals surface area contributed by atoms with Gasteiger partial charge in [-0.2, -0.15) is 0 Å². The first-order valence-corrected chi connectivity index (χ1v) is 7.08. The Morgan fingerprint density at radius 1 is 1.22 bits per heavy atom. The third kappa shape index (κ3) is 4.12. The molecule has 0 saturated heterocycles. The minimum Gasteiger partial charge on any atom is -0.462 e. The van der Waals surface area contributed by atoms with Crippen molar-refractivity contribution in [1.29, 1.82) is 5.26 Å². The van der Waals surface area contributed by atoms with Crippen LogP contribution in [0.2, 0.25) is 0 Å². The molecule has 0 N–H and O–H groups in total. The molecule has 0 aromatic heterocycles. The van der Waals surface area contributed by atoms with E-state index in [0.29, 0.717) is 17.1 Å². The normalized spacial score (nSPS) is 15.9. The van der Waals surface area contributed by atoms with Crippen molar-refractivity contribution in [3.8, 4) is 6.07 Å². The van der Waals surface area contributed by atoms with Gasteiger partial charge < -0.3 is 9.64 Å². The summed E-state index contributed by atoms with van der Waals surface area (Å²) in [4.78, 5) is 5.28. The third-order valence-corrected chi connectivity index (χ3v) is 3.28. The zero-order valence-corrected chi connectivity index (χ0v) is 13.4. The summed E-state index contributed by atoms with van der Waals surface area (Å²) in [5.41, 5.74) is 2.82. The van der Waals surface area contributed by atoms with Gasteiger partial charge in [-0.1, -0.05) is 18.2 Å². The van der Waals surface area contributed by atoms with Crippen LogP contribution in [-0.2, 0) is 4.74 Å². The summed E-state index contributed by atoms with van der Waals surface area (Å²) in [6, 6.07) is 10.0. The van der Waals surface area contributed by atoms with Crippen LogP contribution < -0.4 is 4.90 Å². The zero-order valence-electron chi connectivity index (χ0n) is 13.4. The van der Waals surface area contributed by atoms with Gasteiger partial charge in [-0.25, -0.2) is 10.1 Å². The average molecular weight is 303 g/mol. The van der Waals surface area contributed by atoms with E-state index >= 15 is 0 Å². The quantitative estimate of drug-likeness (QED) is 0.618. The second kappa shape index (κ2) is 7.15. The van der Waals surface area contributed by atoms with Gasteiger partial charge in [0.15, 0.2) is 0 Å². The van der Waals surface area contributed by atoms with Crippen molar-refractivity contribution in [1.82, 2.24) is 0 Å². The highest BCUT2D eigenvalue weighted by atomic mass is 16.5. The molecule has 4 heteroatoms. The molecule has 0 atom stereocenters. The van der Waals surface area contributed by atoms with Crippen LogP contribution in [0.15, 0.2) is 65.3 Å². The van der Waals surface area contributed by atoms with Gasteiger partial charge in [-0.05, 0) is 48.4 Å². The molecule has 0 bridgehead atoms. The molecule has 114 valence electrons. The number of nitriles is 1. The van der Waals surface area contributed by atoms with Gasteiger partial charge in [0.05, 0.1) is 12.6 Å². The minimum atomic E-state index is 0.0638. The fourth-order valence-electron chi connectivity index (χ4n) is 2.09. The molecule has 2 rings (SSSR count). The Morgan fingerprint density at radius 2 is 1.91 bits per heavy atom. The Morgan fingerprint density at radius 3 is 2.48 bits per heavy atom. The first-order chi connectivity index (χ1) is 11.0. The largest absolute Gasteiger partial charge is 0.462 e. The van der Waals surface area contributed by atoms with E-state index in [9.17, 15) is 0 Å². The van der Waals surface area contributed by atoms with Crippen LogP contribution in [0, 0.1) is 17.9 Å². The van der Waals surface area contributed by atoms with E-state index < -0.39 is 0 Å². The maximum atomic E-state index is 8.99. The molecule has 0 fully saturated rings. The lowest BCUT2D eigenvalue weighted by Crippen LogP contribution is -2.07. The highest BCUT2D eigenvalue weighted by Gasteiger charge is 2.10. The molecule has 0 amide bonds. The van der Waals surface area contributed by atoms with Crippen LogP contribution in [0.5, 0.6) is 0 Å². The first kappa shape index (κ1) is 16.1. The number of allylic oxidation sites excluding steroid dienone is 6. The number of ether oxygens (including phenoxy) is 1. The van der Waals surface area contributed by atoms with Gasteiger partial charge in [0.2, 0.25) is 0 Å². The van der Waals surface area contributed by atoms with Gasteiger partial charge >= 0.3 is 0 Å². The van der Waals surface area contributed by atoms with Crippen molar-refractivity contribution in [2.45, 2.75) is 6.92 Å². The summed E-state index contributed by atoms with van der Waals surface area (Å²) >= 11 is 0. The van der Waals surface area contributed by atoms with Crippen molar-refractivity contribution < 1.29 is 4.74 Å². The molecular weight excluding hydrogens is 286 g/mol. The second-order valence-corrected chi connectivity index (χ2v) is 5.25. The molecule has 0 spiro atoms. The molecule has 1 aliphatic heterocycles. The SMILES string of the molecule is [C-]#[N+]C(C#N)=C1C=C(C)OC(C=Cc2ccc(N(C)C)cc2)=C1.